The molecule has 0 atom stereocenters. The first-order chi connectivity index (χ1) is 9.52. The van der Waals surface area contributed by atoms with Gasteiger partial charge in [0.25, 0.3) is 0 Å². The number of hydrogen-bond donors (Lipinski definition) is 0. The number of halogens is 4. The summed E-state index contributed by atoms with van der Waals surface area (Å²) in [5.41, 5.74) is 1.02. The van der Waals surface area contributed by atoms with E-state index in [-0.39, 0.29) is 6.61 Å². The van der Waals surface area contributed by atoms with Gasteiger partial charge in [-0.05, 0) is 30.3 Å². The van der Waals surface area contributed by atoms with Crippen molar-refractivity contribution in [2.24, 2.45) is 0 Å². The van der Waals surface area contributed by atoms with Crippen LogP contribution >= 0.6 is 50.7 Å². The van der Waals surface area contributed by atoms with Gasteiger partial charge < -0.3 is 4.74 Å². The lowest BCUT2D eigenvalue weighted by Gasteiger charge is -2.11. The van der Waals surface area contributed by atoms with E-state index < -0.39 is 0 Å². The van der Waals surface area contributed by atoms with E-state index >= 15 is 0 Å². The monoisotopic (exact) mass is 389 g/mol. The Balaban J connectivity index is 2.26. The molecule has 0 spiro atoms. The maximum atomic E-state index is 9.07. The van der Waals surface area contributed by atoms with Crippen LogP contribution in [0.25, 0.3) is 0 Å². The van der Waals surface area contributed by atoms with Crippen LogP contribution in [0.5, 0.6) is 5.75 Å². The second-order valence-electron chi connectivity index (χ2n) is 3.86. The molecular formula is C14H7BrCl3NO. The highest BCUT2D eigenvalue weighted by atomic mass is 79.9. The van der Waals surface area contributed by atoms with E-state index in [0.717, 1.165) is 4.47 Å². The number of ether oxygens (including phenoxy) is 1. The molecule has 6 heteroatoms. The van der Waals surface area contributed by atoms with Crippen molar-refractivity contribution >= 4 is 50.7 Å². The third kappa shape index (κ3) is 3.39. The van der Waals surface area contributed by atoms with Crippen molar-refractivity contribution in [3.05, 3.63) is 61.0 Å². The molecule has 20 heavy (non-hydrogen) atoms. The molecule has 0 amide bonds. The van der Waals surface area contributed by atoms with Crippen molar-refractivity contribution in [3.63, 3.8) is 0 Å². The van der Waals surface area contributed by atoms with Crippen LogP contribution in [0, 0.1) is 11.3 Å². The fourth-order valence-corrected chi connectivity index (χ4v) is 2.58. The van der Waals surface area contributed by atoms with Crippen molar-refractivity contribution in [1.82, 2.24) is 0 Å². The van der Waals surface area contributed by atoms with Crippen LogP contribution in [-0.2, 0) is 6.61 Å². The quantitative estimate of drug-likeness (QED) is 0.614. The van der Waals surface area contributed by atoms with Crippen molar-refractivity contribution < 1.29 is 4.74 Å². The van der Waals surface area contributed by atoms with E-state index in [2.05, 4.69) is 22.0 Å². The SMILES string of the molecule is N#Cc1cc(Br)ccc1OCc1c(Cl)ccc(Cl)c1Cl. The van der Waals surface area contributed by atoms with Crippen molar-refractivity contribution in [1.29, 1.82) is 5.26 Å². The molecule has 0 heterocycles. The van der Waals surface area contributed by atoms with Crippen LogP contribution in [0.2, 0.25) is 15.1 Å². The number of benzene rings is 2. The van der Waals surface area contributed by atoms with E-state index in [1.165, 1.54) is 0 Å². The molecule has 0 aliphatic rings. The predicted octanol–water partition coefficient (Wildman–Crippen LogP) is 5.86. The van der Waals surface area contributed by atoms with Crippen molar-refractivity contribution in [2.75, 3.05) is 0 Å². The normalized spacial score (nSPS) is 10.2. The fraction of sp³-hybridized carbons (Fsp3) is 0.0714. The molecule has 102 valence electrons. The molecule has 2 rings (SSSR count). The van der Waals surface area contributed by atoms with E-state index in [9.17, 15) is 0 Å². The lowest BCUT2D eigenvalue weighted by atomic mass is 10.2. The molecule has 2 nitrogen and oxygen atoms in total. The molecule has 2 aromatic carbocycles. The predicted molar refractivity (Wildman–Crippen MR) is 84.7 cm³/mol. The zero-order chi connectivity index (χ0) is 14.7. The Morgan fingerprint density at radius 3 is 2.50 bits per heavy atom. The molecule has 0 aromatic heterocycles. The first kappa shape index (κ1) is 15.5. The first-order valence-electron chi connectivity index (χ1n) is 5.47. The highest BCUT2D eigenvalue weighted by Gasteiger charge is 2.12. The summed E-state index contributed by atoms with van der Waals surface area (Å²) in [6.45, 7) is 0.133. The second kappa shape index (κ2) is 6.69. The minimum Gasteiger partial charge on any atom is -0.487 e. The standard InChI is InChI=1S/C14H7BrCl3NO/c15-9-1-4-13(8(5-9)6-19)20-7-10-11(16)2-3-12(17)14(10)18/h1-5H,7H2. The Bertz CT molecular complexity index is 698. The fourth-order valence-electron chi connectivity index (χ4n) is 1.57. The van der Waals surface area contributed by atoms with Gasteiger partial charge >= 0.3 is 0 Å². The smallest absolute Gasteiger partial charge is 0.137 e. The van der Waals surface area contributed by atoms with Crippen molar-refractivity contribution in [3.8, 4) is 11.8 Å². The van der Waals surface area contributed by atoms with Gasteiger partial charge in [-0.3, -0.25) is 0 Å². The number of nitriles is 1. The number of nitrogens with zero attached hydrogens (tertiary/aromatic N) is 1. The third-order valence-corrected chi connectivity index (χ3v) is 4.26. The van der Waals surface area contributed by atoms with Crippen LogP contribution in [0.4, 0.5) is 0 Å². The zero-order valence-corrected chi connectivity index (χ0v) is 13.8. The highest BCUT2D eigenvalue weighted by Crippen LogP contribution is 2.32. The van der Waals surface area contributed by atoms with Gasteiger partial charge in [0.1, 0.15) is 18.4 Å². The number of hydrogen-bond acceptors (Lipinski definition) is 2. The zero-order valence-electron chi connectivity index (χ0n) is 9.96. The minimum absolute atomic E-state index is 0.133. The van der Waals surface area contributed by atoms with Gasteiger partial charge in [-0.15, -0.1) is 0 Å². The molecule has 0 aliphatic carbocycles. The van der Waals surface area contributed by atoms with Crippen LogP contribution in [0.3, 0.4) is 0 Å². The summed E-state index contributed by atoms with van der Waals surface area (Å²) in [6, 6.07) is 10.5. The van der Waals surface area contributed by atoms with Gasteiger partial charge in [-0.25, -0.2) is 0 Å². The van der Waals surface area contributed by atoms with E-state index in [4.69, 9.17) is 44.8 Å². The van der Waals surface area contributed by atoms with E-state index in [1.807, 2.05) is 0 Å². The summed E-state index contributed by atoms with van der Waals surface area (Å²) in [4.78, 5) is 0. The van der Waals surface area contributed by atoms with E-state index in [1.54, 1.807) is 30.3 Å². The molecule has 0 radical (unpaired) electrons. The topological polar surface area (TPSA) is 33.0 Å². The van der Waals surface area contributed by atoms with Crippen LogP contribution in [-0.4, -0.2) is 0 Å². The summed E-state index contributed by atoms with van der Waals surface area (Å²) in [7, 11) is 0. The van der Waals surface area contributed by atoms with Gasteiger partial charge in [0, 0.05) is 15.1 Å². The lowest BCUT2D eigenvalue weighted by molar-refractivity contribution is 0.305. The van der Waals surface area contributed by atoms with Gasteiger partial charge in [-0.2, -0.15) is 5.26 Å². The molecule has 0 unspecified atom stereocenters. The maximum Gasteiger partial charge on any atom is 0.137 e. The first-order valence-corrected chi connectivity index (χ1v) is 7.40. The molecule has 0 bridgehead atoms. The largest absolute Gasteiger partial charge is 0.487 e. The number of rotatable bonds is 3. The van der Waals surface area contributed by atoms with Gasteiger partial charge in [0.15, 0.2) is 0 Å². The average molecular weight is 391 g/mol. The Morgan fingerprint density at radius 1 is 1.10 bits per heavy atom. The Morgan fingerprint density at radius 2 is 1.80 bits per heavy atom. The van der Waals surface area contributed by atoms with Crippen LogP contribution in [0.15, 0.2) is 34.8 Å². The van der Waals surface area contributed by atoms with Gasteiger partial charge in [0.05, 0.1) is 15.6 Å². The Kier molecular flexibility index (Phi) is 5.17. The van der Waals surface area contributed by atoms with Crippen LogP contribution in [0.1, 0.15) is 11.1 Å². The molecule has 2 aromatic rings. The van der Waals surface area contributed by atoms with Crippen LogP contribution < -0.4 is 4.74 Å². The molecule has 0 saturated carbocycles. The summed E-state index contributed by atoms with van der Waals surface area (Å²) in [5, 5.41) is 10.3. The van der Waals surface area contributed by atoms with E-state index in [0.29, 0.717) is 31.9 Å². The Hall–Kier alpha value is -0.920. The third-order valence-electron chi connectivity index (χ3n) is 2.57. The van der Waals surface area contributed by atoms with Gasteiger partial charge in [-0.1, -0.05) is 50.7 Å². The van der Waals surface area contributed by atoms with Gasteiger partial charge in [0.2, 0.25) is 0 Å². The summed E-state index contributed by atoms with van der Waals surface area (Å²) >= 11 is 21.4. The van der Waals surface area contributed by atoms with Crippen molar-refractivity contribution in [2.45, 2.75) is 6.61 Å². The maximum absolute atomic E-state index is 9.07. The summed E-state index contributed by atoms with van der Waals surface area (Å²) < 4.78 is 6.42. The highest BCUT2D eigenvalue weighted by molar-refractivity contribution is 9.10. The average Bonchev–Trinajstić information content (AvgIpc) is 2.44. The summed E-state index contributed by atoms with van der Waals surface area (Å²) in [5.74, 6) is 0.461. The molecule has 0 fully saturated rings. The second-order valence-corrected chi connectivity index (χ2v) is 5.97. The molecule has 0 N–H and O–H groups in total. The lowest BCUT2D eigenvalue weighted by Crippen LogP contribution is -1.99. The minimum atomic E-state index is 0.133. The summed E-state index contributed by atoms with van der Waals surface area (Å²) in [6.07, 6.45) is 0. The molecule has 0 saturated heterocycles. The molecule has 0 aliphatic heterocycles. The molecular weight excluding hydrogens is 384 g/mol. The Labute approximate surface area is 140 Å².